The number of nitrogen functional groups attached to an aromatic ring is 1. The number of ether oxygens (including phenoxy) is 2. The van der Waals surface area contributed by atoms with Crippen molar-refractivity contribution in [2.24, 2.45) is 0 Å². The van der Waals surface area contributed by atoms with Crippen molar-refractivity contribution in [3.8, 4) is 11.4 Å². The van der Waals surface area contributed by atoms with Crippen molar-refractivity contribution in [2.75, 3.05) is 20.0 Å². The second-order valence-corrected chi connectivity index (χ2v) is 4.13. The summed E-state index contributed by atoms with van der Waals surface area (Å²) in [4.78, 5) is 8.75. The Kier molecular flexibility index (Phi) is 4.43. The fraction of sp³-hybridized carbons (Fsp3) is 0.286. The van der Waals surface area contributed by atoms with Crippen LogP contribution in [0.2, 0.25) is 0 Å². The standard InChI is InChI=1S/C14H17N3O2/c1-18-8-10-5-3-4-6-12(10)14-16-11(9-19-2)7-13(15)17-14/h3-7H,8-9H2,1-2H3,(H2,15,16,17). The number of hydrogen-bond donors (Lipinski definition) is 1. The molecule has 0 unspecified atom stereocenters. The molecule has 0 aliphatic heterocycles. The minimum Gasteiger partial charge on any atom is -0.384 e. The van der Waals surface area contributed by atoms with E-state index in [4.69, 9.17) is 15.2 Å². The number of anilines is 1. The van der Waals surface area contributed by atoms with E-state index in [0.717, 1.165) is 16.8 Å². The zero-order chi connectivity index (χ0) is 13.7. The molecule has 2 aromatic rings. The van der Waals surface area contributed by atoms with Crippen LogP contribution in [0.25, 0.3) is 11.4 Å². The Labute approximate surface area is 112 Å². The smallest absolute Gasteiger partial charge is 0.162 e. The molecule has 5 heteroatoms. The van der Waals surface area contributed by atoms with Gasteiger partial charge >= 0.3 is 0 Å². The van der Waals surface area contributed by atoms with E-state index >= 15 is 0 Å². The van der Waals surface area contributed by atoms with Gasteiger partial charge in [-0.3, -0.25) is 0 Å². The van der Waals surface area contributed by atoms with Gasteiger partial charge in [-0.1, -0.05) is 24.3 Å². The van der Waals surface area contributed by atoms with Crippen LogP contribution in [-0.4, -0.2) is 24.2 Å². The first-order valence-electron chi connectivity index (χ1n) is 5.94. The highest BCUT2D eigenvalue weighted by Crippen LogP contribution is 2.22. The van der Waals surface area contributed by atoms with Gasteiger partial charge in [-0.2, -0.15) is 0 Å². The summed E-state index contributed by atoms with van der Waals surface area (Å²) in [6.07, 6.45) is 0. The van der Waals surface area contributed by atoms with Gasteiger partial charge in [0, 0.05) is 25.8 Å². The van der Waals surface area contributed by atoms with E-state index in [1.165, 1.54) is 0 Å². The van der Waals surface area contributed by atoms with Crippen molar-refractivity contribution < 1.29 is 9.47 Å². The summed E-state index contributed by atoms with van der Waals surface area (Å²) in [6.45, 7) is 0.917. The first kappa shape index (κ1) is 13.5. The predicted octanol–water partition coefficient (Wildman–Crippen LogP) is 2.02. The van der Waals surface area contributed by atoms with Crippen LogP contribution in [0.1, 0.15) is 11.3 Å². The third-order valence-corrected chi connectivity index (χ3v) is 2.65. The zero-order valence-corrected chi connectivity index (χ0v) is 11.1. The molecule has 2 N–H and O–H groups in total. The summed E-state index contributed by atoms with van der Waals surface area (Å²) in [5.41, 5.74) is 8.53. The van der Waals surface area contributed by atoms with Gasteiger partial charge in [-0.05, 0) is 5.56 Å². The minimum atomic E-state index is 0.409. The Bertz CT molecular complexity index is 558. The SMILES string of the molecule is COCc1cc(N)nc(-c2ccccc2COC)n1. The molecule has 1 aromatic heterocycles. The maximum absolute atomic E-state index is 5.81. The maximum Gasteiger partial charge on any atom is 0.162 e. The summed E-state index contributed by atoms with van der Waals surface area (Å²) >= 11 is 0. The molecule has 0 spiro atoms. The highest BCUT2D eigenvalue weighted by Gasteiger charge is 2.09. The number of benzene rings is 1. The molecule has 1 aromatic carbocycles. The normalized spacial score (nSPS) is 10.6. The van der Waals surface area contributed by atoms with Crippen LogP contribution >= 0.6 is 0 Å². The largest absolute Gasteiger partial charge is 0.384 e. The number of hydrogen-bond acceptors (Lipinski definition) is 5. The lowest BCUT2D eigenvalue weighted by Crippen LogP contribution is -2.03. The van der Waals surface area contributed by atoms with Gasteiger partial charge in [0.05, 0.1) is 18.9 Å². The minimum absolute atomic E-state index is 0.409. The molecule has 0 aliphatic rings. The van der Waals surface area contributed by atoms with Gasteiger partial charge < -0.3 is 15.2 Å². The van der Waals surface area contributed by atoms with Gasteiger partial charge in [0.1, 0.15) is 5.82 Å². The van der Waals surface area contributed by atoms with Gasteiger partial charge in [0.2, 0.25) is 0 Å². The van der Waals surface area contributed by atoms with E-state index in [2.05, 4.69) is 9.97 Å². The Morgan fingerprint density at radius 3 is 2.53 bits per heavy atom. The van der Waals surface area contributed by atoms with Gasteiger partial charge in [-0.25, -0.2) is 9.97 Å². The van der Waals surface area contributed by atoms with Gasteiger partial charge in [0.15, 0.2) is 5.82 Å². The quantitative estimate of drug-likeness (QED) is 0.889. The summed E-state index contributed by atoms with van der Waals surface area (Å²) in [5, 5.41) is 0. The molecule has 0 saturated heterocycles. The molecule has 19 heavy (non-hydrogen) atoms. The van der Waals surface area contributed by atoms with Crippen LogP contribution in [0.5, 0.6) is 0 Å². The molecule has 0 atom stereocenters. The van der Waals surface area contributed by atoms with E-state index in [-0.39, 0.29) is 0 Å². The van der Waals surface area contributed by atoms with Crippen molar-refractivity contribution in [3.05, 3.63) is 41.6 Å². The third kappa shape index (κ3) is 3.27. The number of aromatic nitrogens is 2. The topological polar surface area (TPSA) is 70.3 Å². The van der Waals surface area contributed by atoms with E-state index in [9.17, 15) is 0 Å². The maximum atomic E-state index is 5.81. The molecule has 0 fully saturated rings. The molecule has 5 nitrogen and oxygen atoms in total. The van der Waals surface area contributed by atoms with Crippen LogP contribution in [0.15, 0.2) is 30.3 Å². The summed E-state index contributed by atoms with van der Waals surface area (Å²) in [6, 6.07) is 9.56. The molecule has 0 amide bonds. The van der Waals surface area contributed by atoms with E-state index in [0.29, 0.717) is 24.9 Å². The fourth-order valence-corrected chi connectivity index (χ4v) is 1.88. The second-order valence-electron chi connectivity index (χ2n) is 4.13. The van der Waals surface area contributed by atoms with Gasteiger partial charge in [-0.15, -0.1) is 0 Å². The van der Waals surface area contributed by atoms with E-state index < -0.39 is 0 Å². The van der Waals surface area contributed by atoms with Crippen LogP contribution < -0.4 is 5.73 Å². The number of nitrogens with two attached hydrogens (primary N) is 1. The Morgan fingerprint density at radius 2 is 1.79 bits per heavy atom. The van der Waals surface area contributed by atoms with Crippen molar-refractivity contribution in [3.63, 3.8) is 0 Å². The van der Waals surface area contributed by atoms with Gasteiger partial charge in [0.25, 0.3) is 0 Å². The van der Waals surface area contributed by atoms with E-state index in [1.54, 1.807) is 20.3 Å². The van der Waals surface area contributed by atoms with Crippen LogP contribution in [-0.2, 0) is 22.7 Å². The Hall–Kier alpha value is -1.98. The highest BCUT2D eigenvalue weighted by atomic mass is 16.5. The molecule has 100 valence electrons. The third-order valence-electron chi connectivity index (χ3n) is 2.65. The number of rotatable bonds is 5. The molecule has 0 radical (unpaired) electrons. The second kappa shape index (κ2) is 6.26. The zero-order valence-electron chi connectivity index (χ0n) is 11.1. The van der Waals surface area contributed by atoms with Crippen LogP contribution in [0.3, 0.4) is 0 Å². The van der Waals surface area contributed by atoms with Crippen molar-refractivity contribution >= 4 is 5.82 Å². The molecular formula is C14H17N3O2. The average molecular weight is 259 g/mol. The Morgan fingerprint density at radius 1 is 1.05 bits per heavy atom. The molecule has 0 bridgehead atoms. The average Bonchev–Trinajstić information content (AvgIpc) is 2.39. The highest BCUT2D eigenvalue weighted by molar-refractivity contribution is 5.61. The van der Waals surface area contributed by atoms with Crippen molar-refractivity contribution in [1.82, 2.24) is 9.97 Å². The lowest BCUT2D eigenvalue weighted by molar-refractivity contribution is 0.181. The summed E-state index contributed by atoms with van der Waals surface area (Å²) in [5.74, 6) is 1.03. The van der Waals surface area contributed by atoms with Crippen molar-refractivity contribution in [2.45, 2.75) is 13.2 Å². The first-order valence-corrected chi connectivity index (χ1v) is 5.94. The first-order chi connectivity index (χ1) is 9.24. The van der Waals surface area contributed by atoms with Crippen LogP contribution in [0, 0.1) is 0 Å². The fourth-order valence-electron chi connectivity index (χ4n) is 1.88. The monoisotopic (exact) mass is 259 g/mol. The molecule has 2 rings (SSSR count). The lowest BCUT2D eigenvalue weighted by atomic mass is 10.1. The lowest BCUT2D eigenvalue weighted by Gasteiger charge is -2.09. The van der Waals surface area contributed by atoms with E-state index in [1.807, 2.05) is 24.3 Å². The summed E-state index contributed by atoms with van der Waals surface area (Å²) < 4.78 is 10.3. The molecule has 0 saturated carbocycles. The molecule has 0 aliphatic carbocycles. The van der Waals surface area contributed by atoms with Crippen molar-refractivity contribution in [1.29, 1.82) is 0 Å². The van der Waals surface area contributed by atoms with Crippen LogP contribution in [0.4, 0.5) is 5.82 Å². The molecular weight excluding hydrogens is 242 g/mol. The summed E-state index contributed by atoms with van der Waals surface area (Å²) in [7, 11) is 3.28. The molecule has 1 heterocycles. The predicted molar refractivity (Wildman–Crippen MR) is 73.3 cm³/mol. The number of methoxy groups -OCH3 is 2. The number of nitrogens with zero attached hydrogens (tertiary/aromatic N) is 2. The Balaban J connectivity index is 2.46.